The molecule has 112 valence electrons. The maximum Gasteiger partial charge on any atom is 0.204 e. The second-order valence-electron chi connectivity index (χ2n) is 4.35. The smallest absolute Gasteiger partial charge is 0.204 e. The second kappa shape index (κ2) is 7.43. The lowest BCUT2D eigenvalue weighted by Gasteiger charge is -2.09. The van der Waals surface area contributed by atoms with Gasteiger partial charge in [-0.25, -0.2) is 0 Å². The number of nitriles is 1. The van der Waals surface area contributed by atoms with Gasteiger partial charge < -0.3 is 9.47 Å². The third kappa shape index (κ3) is 3.54. The molecule has 0 aliphatic heterocycles. The minimum Gasteiger partial charge on any atom is -0.493 e. The Bertz CT molecular complexity index is 727. The summed E-state index contributed by atoms with van der Waals surface area (Å²) in [4.78, 5) is 12.2. The fourth-order valence-corrected chi connectivity index (χ4v) is 2.55. The van der Waals surface area contributed by atoms with Crippen molar-refractivity contribution < 1.29 is 14.3 Å². The van der Waals surface area contributed by atoms with Gasteiger partial charge in [-0.2, -0.15) is 16.6 Å². The number of ketones is 1. The lowest BCUT2D eigenvalue weighted by Crippen LogP contribution is -2.00. The van der Waals surface area contributed by atoms with Crippen LogP contribution in [0, 0.1) is 11.3 Å². The maximum absolute atomic E-state index is 12.2. The van der Waals surface area contributed by atoms with Crippen LogP contribution >= 0.6 is 11.3 Å². The third-order valence-electron chi connectivity index (χ3n) is 2.95. The number of rotatable bonds is 6. The summed E-state index contributed by atoms with van der Waals surface area (Å²) in [5, 5.41) is 12.8. The Morgan fingerprint density at radius 2 is 2.18 bits per heavy atom. The van der Waals surface area contributed by atoms with E-state index in [1.807, 2.05) is 18.4 Å². The molecular formula is C17H15NO3S. The lowest BCUT2D eigenvalue weighted by molar-refractivity contribution is 0.104. The van der Waals surface area contributed by atoms with Gasteiger partial charge in [-0.3, -0.25) is 4.79 Å². The highest BCUT2D eigenvalue weighted by Gasteiger charge is 2.13. The minimum absolute atomic E-state index is 0.0889. The van der Waals surface area contributed by atoms with Gasteiger partial charge >= 0.3 is 0 Å². The fourth-order valence-electron chi connectivity index (χ4n) is 1.92. The predicted molar refractivity (Wildman–Crippen MR) is 86.4 cm³/mol. The summed E-state index contributed by atoms with van der Waals surface area (Å²) in [7, 11) is 1.56. The number of allylic oxidation sites excluding steroid dienone is 1. The first-order valence-corrected chi connectivity index (χ1v) is 7.63. The van der Waals surface area contributed by atoms with Crippen molar-refractivity contribution in [3.8, 4) is 17.6 Å². The van der Waals surface area contributed by atoms with Crippen LogP contribution in [-0.2, 0) is 0 Å². The minimum atomic E-state index is -0.280. The van der Waals surface area contributed by atoms with E-state index >= 15 is 0 Å². The summed E-state index contributed by atoms with van der Waals surface area (Å²) >= 11 is 1.42. The lowest BCUT2D eigenvalue weighted by atomic mass is 10.0. The zero-order valence-corrected chi connectivity index (χ0v) is 13.1. The number of carbonyl (C=O) groups is 1. The Kier molecular flexibility index (Phi) is 5.34. The Labute approximate surface area is 133 Å². The van der Waals surface area contributed by atoms with Gasteiger partial charge in [0, 0.05) is 10.9 Å². The molecular weight excluding hydrogens is 298 g/mol. The molecule has 1 aromatic carbocycles. The summed E-state index contributed by atoms with van der Waals surface area (Å²) in [6.45, 7) is 2.38. The van der Waals surface area contributed by atoms with Gasteiger partial charge in [-0.1, -0.05) is 6.07 Å². The third-order valence-corrected chi connectivity index (χ3v) is 3.63. The van der Waals surface area contributed by atoms with E-state index in [4.69, 9.17) is 9.47 Å². The van der Waals surface area contributed by atoms with Crippen LogP contribution in [0.15, 0.2) is 40.6 Å². The molecule has 0 N–H and O–H groups in total. The first-order chi connectivity index (χ1) is 10.7. The van der Waals surface area contributed by atoms with Gasteiger partial charge in [0.2, 0.25) is 5.78 Å². The number of ether oxygens (including phenoxy) is 2. The van der Waals surface area contributed by atoms with Crippen LogP contribution in [0.2, 0.25) is 0 Å². The molecule has 0 aliphatic rings. The van der Waals surface area contributed by atoms with Crippen molar-refractivity contribution >= 4 is 23.2 Å². The van der Waals surface area contributed by atoms with E-state index in [2.05, 4.69) is 0 Å². The standard InChI is InChI=1S/C17H15NO3S/c1-3-21-16-9-12(4-5-15(16)20-2)8-14(10-18)17(19)13-6-7-22-11-13/h4-9,11H,3H2,1-2H3. The summed E-state index contributed by atoms with van der Waals surface area (Å²) in [6, 6.07) is 8.95. The van der Waals surface area contributed by atoms with Crippen LogP contribution in [-0.4, -0.2) is 19.5 Å². The van der Waals surface area contributed by atoms with E-state index in [0.717, 1.165) is 0 Å². The molecule has 22 heavy (non-hydrogen) atoms. The normalized spacial score (nSPS) is 10.9. The topological polar surface area (TPSA) is 59.3 Å². The second-order valence-corrected chi connectivity index (χ2v) is 5.13. The molecule has 0 radical (unpaired) electrons. The first kappa shape index (κ1) is 15.8. The van der Waals surface area contributed by atoms with Gasteiger partial charge in [0.05, 0.1) is 13.7 Å². The number of hydrogen-bond donors (Lipinski definition) is 0. The van der Waals surface area contributed by atoms with Crippen molar-refractivity contribution in [1.82, 2.24) is 0 Å². The van der Waals surface area contributed by atoms with Crippen LogP contribution < -0.4 is 9.47 Å². The molecule has 2 aromatic rings. The Hall–Kier alpha value is -2.58. The molecule has 0 amide bonds. The molecule has 0 bridgehead atoms. The highest BCUT2D eigenvalue weighted by molar-refractivity contribution is 7.08. The van der Waals surface area contributed by atoms with Crippen LogP contribution in [0.4, 0.5) is 0 Å². The Morgan fingerprint density at radius 3 is 2.77 bits per heavy atom. The van der Waals surface area contributed by atoms with E-state index in [1.165, 1.54) is 11.3 Å². The molecule has 5 heteroatoms. The summed E-state index contributed by atoms with van der Waals surface area (Å²) < 4.78 is 10.7. The van der Waals surface area contributed by atoms with E-state index in [1.54, 1.807) is 42.8 Å². The van der Waals surface area contributed by atoms with Crippen LogP contribution in [0.5, 0.6) is 11.5 Å². The zero-order valence-electron chi connectivity index (χ0n) is 12.3. The van der Waals surface area contributed by atoms with Crippen molar-refractivity contribution in [2.75, 3.05) is 13.7 Å². The van der Waals surface area contributed by atoms with Crippen molar-refractivity contribution in [3.63, 3.8) is 0 Å². The summed E-state index contributed by atoms with van der Waals surface area (Å²) in [5.74, 6) is 0.915. The number of methoxy groups -OCH3 is 1. The van der Waals surface area contributed by atoms with Gasteiger partial charge in [0.1, 0.15) is 11.6 Å². The monoisotopic (exact) mass is 313 g/mol. The number of hydrogen-bond acceptors (Lipinski definition) is 5. The molecule has 2 rings (SSSR count). The van der Waals surface area contributed by atoms with Gasteiger partial charge in [-0.05, 0) is 42.1 Å². The quantitative estimate of drug-likeness (QED) is 0.460. The van der Waals surface area contributed by atoms with Gasteiger partial charge in [-0.15, -0.1) is 0 Å². The summed E-state index contributed by atoms with van der Waals surface area (Å²) in [5.41, 5.74) is 1.33. The molecule has 1 heterocycles. The maximum atomic E-state index is 12.2. The van der Waals surface area contributed by atoms with Crippen molar-refractivity contribution in [3.05, 3.63) is 51.7 Å². The Balaban J connectivity index is 2.36. The van der Waals surface area contributed by atoms with Crippen molar-refractivity contribution in [2.45, 2.75) is 6.92 Å². The average Bonchev–Trinajstić information content (AvgIpc) is 3.07. The zero-order chi connectivity index (χ0) is 15.9. The van der Waals surface area contributed by atoms with Crippen LogP contribution in [0.1, 0.15) is 22.8 Å². The molecule has 0 spiro atoms. The number of benzene rings is 1. The van der Waals surface area contributed by atoms with Crippen LogP contribution in [0.25, 0.3) is 6.08 Å². The molecule has 0 fully saturated rings. The van der Waals surface area contributed by atoms with Crippen LogP contribution in [0.3, 0.4) is 0 Å². The van der Waals surface area contributed by atoms with Crippen molar-refractivity contribution in [2.24, 2.45) is 0 Å². The number of Topliss-reactive ketones (excluding diaryl/α,β-unsaturated/α-hetero) is 1. The summed E-state index contributed by atoms with van der Waals surface area (Å²) in [6.07, 6.45) is 1.56. The number of carbonyl (C=O) groups excluding carboxylic acids is 1. The molecule has 0 atom stereocenters. The average molecular weight is 313 g/mol. The van der Waals surface area contributed by atoms with E-state index in [-0.39, 0.29) is 11.4 Å². The molecule has 0 saturated carbocycles. The molecule has 0 saturated heterocycles. The largest absolute Gasteiger partial charge is 0.493 e. The van der Waals surface area contributed by atoms with E-state index in [9.17, 15) is 10.1 Å². The van der Waals surface area contributed by atoms with E-state index in [0.29, 0.717) is 29.2 Å². The number of nitrogens with zero attached hydrogens (tertiary/aromatic N) is 1. The molecule has 0 aliphatic carbocycles. The van der Waals surface area contributed by atoms with Gasteiger partial charge in [0.25, 0.3) is 0 Å². The van der Waals surface area contributed by atoms with E-state index < -0.39 is 0 Å². The fraction of sp³-hybridized carbons (Fsp3) is 0.176. The van der Waals surface area contributed by atoms with Gasteiger partial charge in [0.15, 0.2) is 11.5 Å². The molecule has 0 unspecified atom stereocenters. The molecule has 1 aromatic heterocycles. The first-order valence-electron chi connectivity index (χ1n) is 6.69. The number of thiophene rings is 1. The van der Waals surface area contributed by atoms with Crippen molar-refractivity contribution in [1.29, 1.82) is 5.26 Å². The molecule has 4 nitrogen and oxygen atoms in total. The SMILES string of the molecule is CCOc1cc(C=C(C#N)C(=O)c2ccsc2)ccc1OC. The highest BCUT2D eigenvalue weighted by atomic mass is 32.1. The Morgan fingerprint density at radius 1 is 1.36 bits per heavy atom. The predicted octanol–water partition coefficient (Wildman–Crippen LogP) is 3.95. The highest BCUT2D eigenvalue weighted by Crippen LogP contribution is 2.29.